The van der Waals surface area contributed by atoms with E-state index in [4.69, 9.17) is 9.47 Å². The molecule has 1 aliphatic carbocycles. The highest BCUT2D eigenvalue weighted by molar-refractivity contribution is 7.99. The van der Waals surface area contributed by atoms with E-state index in [9.17, 15) is 9.18 Å². The summed E-state index contributed by atoms with van der Waals surface area (Å²) in [5, 5.41) is 1.38. The Kier molecular flexibility index (Phi) is 5.58. The van der Waals surface area contributed by atoms with Crippen LogP contribution in [0.25, 0.3) is 0 Å². The van der Waals surface area contributed by atoms with Crippen LogP contribution in [0, 0.1) is 5.82 Å². The summed E-state index contributed by atoms with van der Waals surface area (Å²) in [6.45, 7) is 4.87. The van der Waals surface area contributed by atoms with Crippen LogP contribution in [0.15, 0.2) is 41.4 Å². The normalized spacial score (nSPS) is 18.9. The third kappa shape index (κ3) is 4.72. The zero-order valence-corrected chi connectivity index (χ0v) is 15.0. The molecule has 0 N–H and O–H groups in total. The van der Waals surface area contributed by atoms with Gasteiger partial charge < -0.3 is 9.47 Å². The van der Waals surface area contributed by atoms with Crippen molar-refractivity contribution in [2.75, 3.05) is 0 Å². The molecule has 0 amide bonds. The van der Waals surface area contributed by atoms with Crippen molar-refractivity contribution in [1.82, 2.24) is 4.98 Å². The SMILES string of the molecule is CC(C)Sc1cccc(COc2ccc(C3CC3OC=O)cc2F)n1. The summed E-state index contributed by atoms with van der Waals surface area (Å²) in [6, 6.07) is 10.6. The second-order valence-corrected chi connectivity index (χ2v) is 7.82. The molecule has 0 saturated heterocycles. The van der Waals surface area contributed by atoms with Crippen LogP contribution in [-0.2, 0) is 16.1 Å². The van der Waals surface area contributed by atoms with Gasteiger partial charge in [-0.25, -0.2) is 9.37 Å². The van der Waals surface area contributed by atoms with E-state index in [1.165, 1.54) is 6.07 Å². The van der Waals surface area contributed by atoms with Crippen molar-refractivity contribution in [1.29, 1.82) is 0 Å². The lowest BCUT2D eigenvalue weighted by molar-refractivity contribution is -0.129. The molecule has 3 rings (SSSR count). The van der Waals surface area contributed by atoms with Crippen LogP contribution in [0.1, 0.15) is 37.4 Å². The molecule has 0 aliphatic heterocycles. The minimum absolute atomic E-state index is 0.0835. The average Bonchev–Trinajstić information content (AvgIpc) is 3.33. The van der Waals surface area contributed by atoms with Crippen LogP contribution < -0.4 is 4.74 Å². The van der Waals surface area contributed by atoms with Gasteiger partial charge in [0.15, 0.2) is 11.6 Å². The fourth-order valence-electron chi connectivity index (χ4n) is 2.61. The number of carbonyl (C=O) groups excluding carboxylic acids is 1. The number of nitrogens with zero attached hydrogens (tertiary/aromatic N) is 1. The number of hydrogen-bond acceptors (Lipinski definition) is 5. The molecule has 6 heteroatoms. The van der Waals surface area contributed by atoms with E-state index in [-0.39, 0.29) is 24.4 Å². The second kappa shape index (κ2) is 7.87. The van der Waals surface area contributed by atoms with Crippen molar-refractivity contribution in [3.63, 3.8) is 0 Å². The Labute approximate surface area is 150 Å². The Hall–Kier alpha value is -2.08. The van der Waals surface area contributed by atoms with Gasteiger partial charge >= 0.3 is 0 Å². The van der Waals surface area contributed by atoms with Crippen molar-refractivity contribution in [3.05, 3.63) is 53.5 Å². The molecule has 25 heavy (non-hydrogen) atoms. The maximum atomic E-state index is 14.2. The minimum Gasteiger partial charge on any atom is -0.484 e. The highest BCUT2D eigenvalue weighted by Gasteiger charge is 2.40. The lowest BCUT2D eigenvalue weighted by atomic mass is 10.1. The Morgan fingerprint density at radius 2 is 2.20 bits per heavy atom. The molecule has 1 aromatic heterocycles. The van der Waals surface area contributed by atoms with Crippen molar-refractivity contribution in [2.45, 2.75) is 49.2 Å². The third-order valence-corrected chi connectivity index (χ3v) is 4.80. The predicted molar refractivity (Wildman–Crippen MR) is 94.3 cm³/mol. The molecule has 1 aliphatic rings. The lowest BCUT2D eigenvalue weighted by Gasteiger charge is -2.10. The topological polar surface area (TPSA) is 48.4 Å². The van der Waals surface area contributed by atoms with Crippen LogP contribution in [0.5, 0.6) is 5.75 Å². The summed E-state index contributed by atoms with van der Waals surface area (Å²) in [7, 11) is 0. The van der Waals surface area contributed by atoms with Gasteiger partial charge in [-0.15, -0.1) is 11.8 Å². The van der Waals surface area contributed by atoms with Gasteiger partial charge in [0.1, 0.15) is 12.7 Å². The lowest BCUT2D eigenvalue weighted by Crippen LogP contribution is -2.01. The summed E-state index contributed by atoms with van der Waals surface area (Å²) in [4.78, 5) is 14.8. The zero-order valence-electron chi connectivity index (χ0n) is 14.1. The van der Waals surface area contributed by atoms with Crippen molar-refractivity contribution in [2.24, 2.45) is 0 Å². The molecular formula is C19H20FNO3S. The molecule has 2 atom stereocenters. The average molecular weight is 361 g/mol. The van der Waals surface area contributed by atoms with Gasteiger partial charge in [-0.1, -0.05) is 26.0 Å². The monoisotopic (exact) mass is 361 g/mol. The third-order valence-electron chi connectivity index (χ3n) is 3.86. The first-order chi connectivity index (χ1) is 12.1. The van der Waals surface area contributed by atoms with Gasteiger partial charge in [-0.3, -0.25) is 4.79 Å². The number of rotatable bonds is 8. The number of halogens is 1. The largest absolute Gasteiger partial charge is 0.484 e. The Morgan fingerprint density at radius 1 is 1.36 bits per heavy atom. The number of benzene rings is 1. The molecule has 0 radical (unpaired) electrons. The van der Waals surface area contributed by atoms with Crippen LogP contribution in [-0.4, -0.2) is 22.8 Å². The number of thioether (sulfide) groups is 1. The minimum atomic E-state index is -0.415. The summed E-state index contributed by atoms with van der Waals surface area (Å²) in [5.74, 6) is -0.136. The number of hydrogen-bond donors (Lipinski definition) is 0. The predicted octanol–water partition coefficient (Wildman–Crippen LogP) is 4.33. The van der Waals surface area contributed by atoms with Gasteiger partial charge in [0.05, 0.1) is 10.7 Å². The standard InChI is InChI=1S/C19H20FNO3S/c1-12(2)25-19-5-3-4-14(21-19)10-23-17-7-6-13(8-16(17)20)15-9-18(15)24-11-22/h3-8,11-12,15,18H,9-10H2,1-2H3. The molecule has 1 aromatic carbocycles. The van der Waals surface area contributed by atoms with E-state index in [0.29, 0.717) is 11.7 Å². The second-order valence-electron chi connectivity index (χ2n) is 6.23. The van der Waals surface area contributed by atoms with Crippen molar-refractivity contribution in [3.8, 4) is 5.75 Å². The molecule has 4 nitrogen and oxygen atoms in total. The van der Waals surface area contributed by atoms with E-state index in [2.05, 4.69) is 18.8 Å². The van der Waals surface area contributed by atoms with Crippen molar-refractivity contribution >= 4 is 18.2 Å². The van der Waals surface area contributed by atoms with Gasteiger partial charge in [0.25, 0.3) is 6.47 Å². The summed E-state index contributed by atoms with van der Waals surface area (Å²) < 4.78 is 24.7. The van der Waals surface area contributed by atoms with Crippen LogP contribution in [0.4, 0.5) is 4.39 Å². The molecule has 0 bridgehead atoms. The molecule has 1 fully saturated rings. The zero-order chi connectivity index (χ0) is 17.8. The van der Waals surface area contributed by atoms with Gasteiger partial charge in [-0.2, -0.15) is 0 Å². The smallest absolute Gasteiger partial charge is 0.293 e. The first kappa shape index (κ1) is 17.7. The molecule has 2 aromatic rings. The van der Waals surface area contributed by atoms with E-state index in [0.717, 1.165) is 22.7 Å². The van der Waals surface area contributed by atoms with Crippen LogP contribution in [0.3, 0.4) is 0 Å². The maximum Gasteiger partial charge on any atom is 0.293 e. The number of carbonyl (C=O) groups is 1. The Bertz CT molecular complexity index is 753. The van der Waals surface area contributed by atoms with Gasteiger partial charge in [0, 0.05) is 11.2 Å². The highest BCUT2D eigenvalue weighted by atomic mass is 32.2. The number of aromatic nitrogens is 1. The van der Waals surface area contributed by atoms with E-state index < -0.39 is 5.82 Å². The summed E-state index contributed by atoms with van der Waals surface area (Å²) >= 11 is 1.68. The molecular weight excluding hydrogens is 341 g/mol. The highest BCUT2D eigenvalue weighted by Crippen LogP contribution is 2.43. The molecule has 1 saturated carbocycles. The fraction of sp³-hybridized carbons (Fsp3) is 0.368. The quantitative estimate of drug-likeness (QED) is 0.517. The van der Waals surface area contributed by atoms with E-state index in [1.54, 1.807) is 17.8 Å². The number of pyridine rings is 1. The van der Waals surface area contributed by atoms with Gasteiger partial charge in [-0.05, 0) is 36.2 Å². The van der Waals surface area contributed by atoms with E-state index in [1.807, 2.05) is 24.3 Å². The molecule has 2 unspecified atom stereocenters. The van der Waals surface area contributed by atoms with Crippen LogP contribution >= 0.6 is 11.8 Å². The van der Waals surface area contributed by atoms with Gasteiger partial charge in [0.2, 0.25) is 0 Å². The summed E-state index contributed by atoms with van der Waals surface area (Å²) in [6.07, 6.45) is 0.608. The first-order valence-electron chi connectivity index (χ1n) is 8.20. The Balaban J connectivity index is 1.61. The van der Waals surface area contributed by atoms with Crippen molar-refractivity contribution < 1.29 is 18.7 Å². The Morgan fingerprint density at radius 3 is 2.92 bits per heavy atom. The van der Waals surface area contributed by atoms with E-state index >= 15 is 0 Å². The summed E-state index contributed by atoms with van der Waals surface area (Å²) in [5.41, 5.74) is 1.58. The maximum absolute atomic E-state index is 14.2. The molecule has 132 valence electrons. The number of ether oxygens (including phenoxy) is 2. The van der Waals surface area contributed by atoms with Crippen LogP contribution in [0.2, 0.25) is 0 Å². The molecule has 0 spiro atoms. The first-order valence-corrected chi connectivity index (χ1v) is 9.08. The fourth-order valence-corrected chi connectivity index (χ4v) is 3.42. The molecule has 1 heterocycles.